The van der Waals surface area contributed by atoms with Gasteiger partial charge in [0.1, 0.15) is 5.88 Å². The summed E-state index contributed by atoms with van der Waals surface area (Å²) in [5.41, 5.74) is 2.17. The molecule has 2 aliphatic rings. The van der Waals surface area contributed by atoms with Crippen molar-refractivity contribution in [2.45, 2.75) is 25.9 Å². The quantitative estimate of drug-likeness (QED) is 0.707. The molecule has 2 fully saturated rings. The number of ether oxygens (including phenoxy) is 1. The van der Waals surface area contributed by atoms with Crippen LogP contribution in [0.15, 0.2) is 18.2 Å². The third-order valence-corrected chi connectivity index (χ3v) is 5.85. The number of halogens is 2. The summed E-state index contributed by atoms with van der Waals surface area (Å²) in [6.45, 7) is 5.41. The molecule has 1 aromatic rings. The van der Waals surface area contributed by atoms with E-state index in [9.17, 15) is 9.59 Å². The third-order valence-electron chi connectivity index (χ3n) is 5.39. The van der Waals surface area contributed by atoms with Crippen LogP contribution in [0.2, 0.25) is 5.02 Å². The van der Waals surface area contributed by atoms with Gasteiger partial charge in [0.15, 0.2) is 0 Å². The Bertz CT molecular complexity index is 687. The van der Waals surface area contributed by atoms with Crippen LogP contribution in [-0.4, -0.2) is 66.9 Å². The van der Waals surface area contributed by atoms with Crippen LogP contribution in [0.1, 0.15) is 24.0 Å². The first-order valence-corrected chi connectivity index (χ1v) is 10.7. The Morgan fingerprint density at radius 3 is 2.64 bits per heavy atom. The zero-order chi connectivity index (χ0) is 19.9. The van der Waals surface area contributed by atoms with Gasteiger partial charge in [-0.25, -0.2) is 0 Å². The first kappa shape index (κ1) is 21.4. The molecule has 0 radical (unpaired) electrons. The van der Waals surface area contributed by atoms with Crippen LogP contribution in [0.3, 0.4) is 0 Å². The lowest BCUT2D eigenvalue weighted by atomic mass is 10.0. The molecular formula is C20H27Cl2N3O3. The van der Waals surface area contributed by atoms with Crippen LogP contribution < -0.4 is 5.32 Å². The van der Waals surface area contributed by atoms with Crippen LogP contribution in [0.25, 0.3) is 0 Å². The van der Waals surface area contributed by atoms with E-state index in [-0.39, 0.29) is 23.6 Å². The molecule has 0 spiro atoms. The number of piperazine rings is 1. The van der Waals surface area contributed by atoms with Crippen molar-refractivity contribution in [3.8, 4) is 0 Å². The van der Waals surface area contributed by atoms with E-state index in [0.29, 0.717) is 31.3 Å². The lowest BCUT2D eigenvalue weighted by Crippen LogP contribution is -2.48. The Labute approximate surface area is 176 Å². The largest absolute Gasteiger partial charge is 0.381 e. The molecule has 154 valence electrons. The highest BCUT2D eigenvalue weighted by atomic mass is 35.5. The second-order valence-corrected chi connectivity index (χ2v) is 8.04. The Balaban J connectivity index is 1.56. The van der Waals surface area contributed by atoms with Crippen molar-refractivity contribution in [2.24, 2.45) is 5.92 Å². The van der Waals surface area contributed by atoms with E-state index >= 15 is 0 Å². The highest BCUT2D eigenvalue weighted by molar-refractivity contribution is 6.30. The molecule has 0 aliphatic carbocycles. The predicted octanol–water partition coefficient (Wildman–Crippen LogP) is 2.27. The van der Waals surface area contributed by atoms with Crippen molar-refractivity contribution in [1.29, 1.82) is 0 Å². The molecule has 2 amide bonds. The van der Waals surface area contributed by atoms with Crippen molar-refractivity contribution in [3.05, 3.63) is 34.3 Å². The molecule has 6 nitrogen and oxygen atoms in total. The minimum absolute atomic E-state index is 0.0147. The van der Waals surface area contributed by atoms with Crippen molar-refractivity contribution >= 4 is 35.0 Å². The molecule has 2 heterocycles. The van der Waals surface area contributed by atoms with Crippen molar-refractivity contribution in [2.75, 3.05) is 45.3 Å². The summed E-state index contributed by atoms with van der Waals surface area (Å²) in [6.07, 6.45) is 1.81. The fraction of sp³-hybridized carbons (Fsp3) is 0.600. The second kappa shape index (κ2) is 10.4. The average Bonchev–Trinajstić information content (AvgIpc) is 2.73. The van der Waals surface area contributed by atoms with E-state index in [2.05, 4.69) is 10.2 Å². The zero-order valence-electron chi connectivity index (χ0n) is 16.0. The number of amides is 2. The number of nitrogens with one attached hydrogen (secondary N) is 1. The number of hydrogen-bond acceptors (Lipinski definition) is 4. The van der Waals surface area contributed by atoms with E-state index in [1.807, 2.05) is 18.2 Å². The maximum Gasteiger partial charge on any atom is 0.237 e. The lowest BCUT2D eigenvalue weighted by molar-refractivity contribution is -0.130. The first-order valence-electron chi connectivity index (χ1n) is 9.75. The van der Waals surface area contributed by atoms with Gasteiger partial charge in [-0.2, -0.15) is 0 Å². The highest BCUT2D eigenvalue weighted by Gasteiger charge is 2.23. The molecule has 1 N–H and O–H groups in total. The van der Waals surface area contributed by atoms with E-state index in [1.54, 1.807) is 4.90 Å². The van der Waals surface area contributed by atoms with E-state index in [1.165, 1.54) is 0 Å². The average molecular weight is 428 g/mol. The molecule has 1 atom stereocenters. The van der Waals surface area contributed by atoms with Gasteiger partial charge < -0.3 is 15.0 Å². The van der Waals surface area contributed by atoms with Gasteiger partial charge in [-0.1, -0.05) is 17.7 Å². The molecule has 1 aromatic carbocycles. The number of benzene rings is 1. The maximum atomic E-state index is 12.4. The van der Waals surface area contributed by atoms with Crippen LogP contribution in [-0.2, 0) is 27.4 Å². The van der Waals surface area contributed by atoms with Crippen molar-refractivity contribution in [3.63, 3.8) is 0 Å². The number of carbonyl (C=O) groups is 2. The van der Waals surface area contributed by atoms with Gasteiger partial charge >= 0.3 is 0 Å². The summed E-state index contributed by atoms with van der Waals surface area (Å²) in [7, 11) is 0. The number of alkyl halides is 1. The summed E-state index contributed by atoms with van der Waals surface area (Å²) in [5, 5.41) is 3.73. The summed E-state index contributed by atoms with van der Waals surface area (Å²) in [4.78, 5) is 28.2. The molecule has 0 saturated carbocycles. The normalized spacial score (nSPS) is 20.8. The van der Waals surface area contributed by atoms with Gasteiger partial charge in [-0.05, 0) is 36.1 Å². The Morgan fingerprint density at radius 1 is 1.18 bits per heavy atom. The van der Waals surface area contributed by atoms with Crippen LogP contribution in [0.5, 0.6) is 0 Å². The number of hydrogen-bond donors (Lipinski definition) is 1. The van der Waals surface area contributed by atoms with E-state index in [0.717, 1.165) is 50.2 Å². The highest BCUT2D eigenvalue weighted by Crippen LogP contribution is 2.20. The van der Waals surface area contributed by atoms with Crippen LogP contribution in [0, 0.1) is 5.92 Å². The molecule has 8 heteroatoms. The summed E-state index contributed by atoms with van der Waals surface area (Å²) >= 11 is 11.9. The number of rotatable bonds is 6. The Kier molecular flexibility index (Phi) is 7.97. The van der Waals surface area contributed by atoms with Crippen LogP contribution in [0.4, 0.5) is 0 Å². The zero-order valence-corrected chi connectivity index (χ0v) is 17.5. The maximum absolute atomic E-state index is 12.4. The summed E-state index contributed by atoms with van der Waals surface area (Å²) < 4.78 is 5.41. The topological polar surface area (TPSA) is 61.9 Å². The Hall–Kier alpha value is -1.34. The van der Waals surface area contributed by atoms with E-state index in [4.69, 9.17) is 27.9 Å². The van der Waals surface area contributed by atoms with Crippen molar-refractivity contribution < 1.29 is 14.3 Å². The van der Waals surface area contributed by atoms with Gasteiger partial charge in [-0.15, -0.1) is 11.6 Å². The predicted molar refractivity (Wildman–Crippen MR) is 109 cm³/mol. The monoisotopic (exact) mass is 427 g/mol. The molecular weight excluding hydrogens is 401 g/mol. The minimum Gasteiger partial charge on any atom is -0.381 e. The number of carbonyl (C=O) groups excluding carboxylic acids is 2. The van der Waals surface area contributed by atoms with Gasteiger partial charge in [0.2, 0.25) is 11.8 Å². The molecule has 0 unspecified atom stereocenters. The molecule has 0 bridgehead atoms. The smallest absolute Gasteiger partial charge is 0.237 e. The fourth-order valence-corrected chi connectivity index (χ4v) is 4.03. The van der Waals surface area contributed by atoms with Gasteiger partial charge in [0.05, 0.1) is 12.5 Å². The summed E-state index contributed by atoms with van der Waals surface area (Å²) in [5.74, 6) is 0.00878. The fourth-order valence-electron chi connectivity index (χ4n) is 3.67. The Morgan fingerprint density at radius 2 is 1.96 bits per heavy atom. The van der Waals surface area contributed by atoms with Gasteiger partial charge in [-0.3, -0.25) is 14.5 Å². The van der Waals surface area contributed by atoms with E-state index < -0.39 is 0 Å². The SMILES string of the molecule is O=C(NCc1ccc(Cl)cc1CN1CCN(C(=O)CCl)CC1)[C@@H]1CCCOC1. The van der Waals surface area contributed by atoms with Gasteiger partial charge in [0.25, 0.3) is 0 Å². The molecule has 2 aliphatic heterocycles. The molecule has 3 rings (SSSR count). The minimum atomic E-state index is -0.0583. The molecule has 28 heavy (non-hydrogen) atoms. The van der Waals surface area contributed by atoms with Gasteiger partial charge in [0, 0.05) is 50.9 Å². The molecule has 0 aromatic heterocycles. The first-order chi connectivity index (χ1) is 13.6. The third kappa shape index (κ3) is 5.83. The van der Waals surface area contributed by atoms with Crippen LogP contribution >= 0.6 is 23.2 Å². The second-order valence-electron chi connectivity index (χ2n) is 7.34. The lowest BCUT2D eigenvalue weighted by Gasteiger charge is -2.34. The summed E-state index contributed by atoms with van der Waals surface area (Å²) in [6, 6.07) is 5.79. The standard InChI is InChI=1S/C20H27Cl2N3O3/c21-11-19(26)25-7-5-24(6-8-25)13-17-10-18(22)4-3-15(17)12-23-20(27)16-2-1-9-28-14-16/h3-4,10,16H,1-2,5-9,11-14H2,(H,23,27)/t16-/m1/s1. The van der Waals surface area contributed by atoms with Crippen molar-refractivity contribution in [1.82, 2.24) is 15.1 Å². The molecule has 2 saturated heterocycles. The number of nitrogens with zero attached hydrogens (tertiary/aromatic N) is 2.